The Kier molecular flexibility index (Phi) is 5.82. The van der Waals surface area contributed by atoms with Gasteiger partial charge in [-0.2, -0.15) is 0 Å². The molecule has 2 rings (SSSR count). The van der Waals surface area contributed by atoms with Crippen LogP contribution >= 0.6 is 0 Å². The van der Waals surface area contributed by atoms with Crippen molar-refractivity contribution in [3.8, 4) is 0 Å². The summed E-state index contributed by atoms with van der Waals surface area (Å²) in [5.74, 6) is 0.707. The van der Waals surface area contributed by atoms with E-state index in [2.05, 4.69) is 49.4 Å². The van der Waals surface area contributed by atoms with Crippen molar-refractivity contribution in [1.29, 1.82) is 0 Å². The van der Waals surface area contributed by atoms with Crippen molar-refractivity contribution in [3.63, 3.8) is 0 Å². The van der Waals surface area contributed by atoms with Gasteiger partial charge in [-0.3, -0.25) is 0 Å². The highest BCUT2D eigenvalue weighted by molar-refractivity contribution is 5.26. The first kappa shape index (κ1) is 14.8. The first-order chi connectivity index (χ1) is 9.79. The molecule has 0 spiro atoms. The fourth-order valence-electron chi connectivity index (χ4n) is 2.72. The second-order valence-electron chi connectivity index (χ2n) is 5.61. The molecule has 1 atom stereocenters. The third kappa shape index (κ3) is 4.50. The molecule has 0 amide bonds. The van der Waals surface area contributed by atoms with E-state index in [1.54, 1.807) is 0 Å². The van der Waals surface area contributed by atoms with Crippen LogP contribution < -0.4 is 0 Å². The second-order valence-corrected chi connectivity index (χ2v) is 5.61. The van der Waals surface area contributed by atoms with Crippen LogP contribution in [0.1, 0.15) is 36.5 Å². The molecule has 0 aliphatic heterocycles. The van der Waals surface area contributed by atoms with Crippen LogP contribution in [0.4, 0.5) is 0 Å². The van der Waals surface area contributed by atoms with Gasteiger partial charge in [-0.25, -0.2) is 0 Å². The van der Waals surface area contributed by atoms with E-state index in [4.69, 9.17) is 0 Å². The topological polar surface area (TPSA) is 20.2 Å². The number of aryl methyl sites for hydroxylation is 1. The molecule has 0 heterocycles. The molecule has 0 bridgehead atoms. The van der Waals surface area contributed by atoms with Gasteiger partial charge in [0.1, 0.15) is 0 Å². The van der Waals surface area contributed by atoms with Crippen LogP contribution in [-0.2, 0) is 19.4 Å². The minimum Gasteiger partial charge on any atom is -0.392 e. The lowest BCUT2D eigenvalue weighted by molar-refractivity contribution is 0.280. The molecular formula is C19H24O. The van der Waals surface area contributed by atoms with Gasteiger partial charge < -0.3 is 5.11 Å². The number of hydrogen-bond acceptors (Lipinski definition) is 1. The quantitative estimate of drug-likeness (QED) is 0.790. The zero-order chi connectivity index (χ0) is 14.2. The summed E-state index contributed by atoms with van der Waals surface area (Å²) in [5.41, 5.74) is 3.79. The summed E-state index contributed by atoms with van der Waals surface area (Å²) >= 11 is 0. The van der Waals surface area contributed by atoms with Crippen LogP contribution in [0.3, 0.4) is 0 Å². The van der Waals surface area contributed by atoms with E-state index in [9.17, 15) is 5.11 Å². The summed E-state index contributed by atoms with van der Waals surface area (Å²) in [6.45, 7) is 2.47. The molecule has 1 N–H and O–H groups in total. The van der Waals surface area contributed by atoms with Crippen molar-refractivity contribution in [3.05, 3.63) is 71.3 Å². The number of aliphatic hydroxyl groups excluding tert-OH is 1. The van der Waals surface area contributed by atoms with Gasteiger partial charge in [0.2, 0.25) is 0 Å². The molecule has 0 saturated carbocycles. The predicted molar refractivity (Wildman–Crippen MR) is 84.6 cm³/mol. The molecule has 0 radical (unpaired) electrons. The second kappa shape index (κ2) is 7.86. The van der Waals surface area contributed by atoms with Gasteiger partial charge in [-0.15, -0.1) is 0 Å². The normalized spacial score (nSPS) is 12.3. The third-order valence-corrected chi connectivity index (χ3v) is 3.86. The number of rotatable bonds is 7. The van der Waals surface area contributed by atoms with Crippen LogP contribution in [0.2, 0.25) is 0 Å². The fraction of sp³-hybridized carbons (Fsp3) is 0.368. The van der Waals surface area contributed by atoms with E-state index in [0.717, 1.165) is 18.4 Å². The Hall–Kier alpha value is -1.60. The molecule has 1 heteroatoms. The van der Waals surface area contributed by atoms with Gasteiger partial charge >= 0.3 is 0 Å². The van der Waals surface area contributed by atoms with Crippen molar-refractivity contribution in [2.24, 2.45) is 5.92 Å². The van der Waals surface area contributed by atoms with Crippen LogP contribution in [0.25, 0.3) is 0 Å². The van der Waals surface area contributed by atoms with Crippen LogP contribution in [0, 0.1) is 5.92 Å². The Balaban J connectivity index is 1.78. The molecule has 0 saturated heterocycles. The van der Waals surface area contributed by atoms with E-state index in [0.29, 0.717) is 5.92 Å². The largest absolute Gasteiger partial charge is 0.392 e. The SMILES string of the molecule is CC(CCCc1ccccc1CO)Cc1ccccc1. The van der Waals surface area contributed by atoms with E-state index in [1.165, 1.54) is 24.0 Å². The molecule has 0 fully saturated rings. The Morgan fingerprint density at radius 1 is 0.900 bits per heavy atom. The van der Waals surface area contributed by atoms with Gasteiger partial charge in [-0.05, 0) is 41.9 Å². The van der Waals surface area contributed by atoms with Crippen molar-refractivity contribution < 1.29 is 5.11 Å². The van der Waals surface area contributed by atoms with Crippen LogP contribution in [-0.4, -0.2) is 5.11 Å². The van der Waals surface area contributed by atoms with Crippen LogP contribution in [0.5, 0.6) is 0 Å². The van der Waals surface area contributed by atoms with Gasteiger partial charge in [-0.1, -0.05) is 67.9 Å². The lowest BCUT2D eigenvalue weighted by atomic mass is 9.94. The standard InChI is InChI=1S/C19H24O/c1-16(14-17-9-3-2-4-10-17)8-7-13-18-11-5-6-12-19(18)15-20/h2-6,9-12,16,20H,7-8,13-15H2,1H3. The Labute approximate surface area is 122 Å². The highest BCUT2D eigenvalue weighted by atomic mass is 16.3. The predicted octanol–water partition coefficient (Wildman–Crippen LogP) is 4.38. The average molecular weight is 268 g/mol. The Morgan fingerprint density at radius 2 is 1.55 bits per heavy atom. The maximum absolute atomic E-state index is 9.32. The van der Waals surface area contributed by atoms with Gasteiger partial charge in [0.15, 0.2) is 0 Å². The highest BCUT2D eigenvalue weighted by Gasteiger charge is 2.05. The smallest absolute Gasteiger partial charge is 0.0684 e. The minimum absolute atomic E-state index is 0.149. The highest BCUT2D eigenvalue weighted by Crippen LogP contribution is 2.17. The van der Waals surface area contributed by atoms with E-state index < -0.39 is 0 Å². The average Bonchev–Trinajstić information content (AvgIpc) is 2.49. The lowest BCUT2D eigenvalue weighted by Gasteiger charge is -2.12. The van der Waals surface area contributed by atoms with Gasteiger partial charge in [0.05, 0.1) is 6.61 Å². The summed E-state index contributed by atoms with van der Waals surface area (Å²) < 4.78 is 0. The lowest BCUT2D eigenvalue weighted by Crippen LogP contribution is -2.01. The molecule has 2 aromatic rings. The maximum Gasteiger partial charge on any atom is 0.0684 e. The zero-order valence-electron chi connectivity index (χ0n) is 12.3. The van der Waals surface area contributed by atoms with Gasteiger partial charge in [0, 0.05) is 0 Å². The molecule has 0 aliphatic rings. The summed E-state index contributed by atoms with van der Waals surface area (Å²) in [4.78, 5) is 0. The first-order valence-corrected chi connectivity index (χ1v) is 7.51. The van der Waals surface area contributed by atoms with E-state index in [1.807, 2.05) is 12.1 Å². The summed E-state index contributed by atoms with van der Waals surface area (Å²) in [7, 11) is 0. The number of aliphatic hydroxyl groups is 1. The molecule has 1 nitrogen and oxygen atoms in total. The first-order valence-electron chi connectivity index (χ1n) is 7.51. The molecule has 2 aromatic carbocycles. The van der Waals surface area contributed by atoms with Crippen LogP contribution in [0.15, 0.2) is 54.6 Å². The van der Waals surface area contributed by atoms with Crippen molar-refractivity contribution in [2.45, 2.75) is 39.2 Å². The molecule has 20 heavy (non-hydrogen) atoms. The fourth-order valence-corrected chi connectivity index (χ4v) is 2.72. The minimum atomic E-state index is 0.149. The van der Waals surface area contributed by atoms with E-state index in [-0.39, 0.29) is 6.61 Å². The molecule has 0 aliphatic carbocycles. The number of benzene rings is 2. The zero-order valence-corrected chi connectivity index (χ0v) is 12.3. The molecule has 0 aromatic heterocycles. The summed E-state index contributed by atoms with van der Waals surface area (Å²) in [6, 6.07) is 18.9. The monoisotopic (exact) mass is 268 g/mol. The third-order valence-electron chi connectivity index (χ3n) is 3.86. The number of hydrogen-bond donors (Lipinski definition) is 1. The van der Waals surface area contributed by atoms with Crippen molar-refractivity contribution in [1.82, 2.24) is 0 Å². The summed E-state index contributed by atoms with van der Waals surface area (Å²) in [6.07, 6.45) is 4.64. The Morgan fingerprint density at radius 3 is 2.25 bits per heavy atom. The maximum atomic E-state index is 9.32. The summed E-state index contributed by atoms with van der Waals surface area (Å²) in [5, 5.41) is 9.32. The van der Waals surface area contributed by atoms with Crippen molar-refractivity contribution in [2.75, 3.05) is 0 Å². The molecular weight excluding hydrogens is 244 g/mol. The van der Waals surface area contributed by atoms with Gasteiger partial charge in [0.25, 0.3) is 0 Å². The Bertz CT molecular complexity index is 504. The van der Waals surface area contributed by atoms with E-state index >= 15 is 0 Å². The molecule has 1 unspecified atom stereocenters. The molecule has 106 valence electrons. The van der Waals surface area contributed by atoms with Crippen molar-refractivity contribution >= 4 is 0 Å².